The van der Waals surface area contributed by atoms with E-state index in [1.54, 1.807) is 62.7 Å². The van der Waals surface area contributed by atoms with Gasteiger partial charge in [-0.05, 0) is 126 Å². The first-order chi connectivity index (χ1) is 25.9. The number of esters is 1. The number of nitrogens with zero attached hydrogens (tertiary/aromatic N) is 3. The fourth-order valence-electron chi connectivity index (χ4n) is 5.24. The molecule has 18 heteroatoms. The van der Waals surface area contributed by atoms with Gasteiger partial charge in [0.25, 0.3) is 0 Å². The second-order valence-electron chi connectivity index (χ2n) is 18.2. The predicted octanol–water partition coefficient (Wildman–Crippen LogP) is 7.98. The Morgan fingerprint density at radius 2 is 0.947 bits per heavy atom. The Balaban J connectivity index is 0.000000386. The van der Waals surface area contributed by atoms with E-state index in [0.717, 1.165) is 32.1 Å². The van der Waals surface area contributed by atoms with Crippen LogP contribution in [-0.2, 0) is 33.2 Å². The number of carbonyl (C=O) groups is 4. The molecule has 4 fully saturated rings. The van der Waals surface area contributed by atoms with Crippen LogP contribution in [0.4, 0.5) is 31.9 Å². The minimum atomic E-state index is -2.81. The largest absolute Gasteiger partial charge is 0.467 e. The molecule has 4 aliphatic carbocycles. The van der Waals surface area contributed by atoms with Gasteiger partial charge >= 0.3 is 37.5 Å². The topological polar surface area (TPSA) is 154 Å². The number of amides is 3. The zero-order valence-corrected chi connectivity index (χ0v) is 36.5. The molecule has 4 rings (SSSR count). The number of alkyl halides is 4. The van der Waals surface area contributed by atoms with Crippen LogP contribution in [0.3, 0.4) is 0 Å². The molecular formula is C39H69F4N3O11. The van der Waals surface area contributed by atoms with Crippen molar-refractivity contribution < 1.29 is 70.3 Å². The van der Waals surface area contributed by atoms with Crippen molar-refractivity contribution in [2.24, 2.45) is 5.41 Å². The number of ether oxygens (including phenoxy) is 6. The molecule has 0 radical (unpaired) electrons. The fourth-order valence-corrected chi connectivity index (χ4v) is 5.24. The average Bonchev–Trinajstić information content (AvgIpc) is 3.91. The lowest BCUT2D eigenvalue weighted by Gasteiger charge is -2.30. The van der Waals surface area contributed by atoms with E-state index in [1.807, 2.05) is 27.7 Å². The summed E-state index contributed by atoms with van der Waals surface area (Å²) in [5.74, 6) is -0.374. The maximum Gasteiger partial charge on any atom is 0.410 e. The van der Waals surface area contributed by atoms with Crippen LogP contribution in [0.25, 0.3) is 0 Å². The van der Waals surface area contributed by atoms with Gasteiger partial charge in [0.1, 0.15) is 22.3 Å². The quantitative estimate of drug-likeness (QED) is 0.116. The van der Waals surface area contributed by atoms with Gasteiger partial charge in [0.15, 0.2) is 0 Å². The van der Waals surface area contributed by atoms with E-state index in [9.17, 15) is 36.7 Å². The average molecular weight is 832 g/mol. The van der Waals surface area contributed by atoms with Crippen LogP contribution in [0.2, 0.25) is 0 Å². The molecule has 0 spiro atoms. The van der Waals surface area contributed by atoms with Gasteiger partial charge in [0.05, 0.1) is 38.0 Å². The molecule has 57 heavy (non-hydrogen) atoms. The van der Waals surface area contributed by atoms with Crippen molar-refractivity contribution >= 4 is 24.2 Å². The molecule has 0 aromatic heterocycles. The number of halogens is 4. The van der Waals surface area contributed by atoms with Gasteiger partial charge in [-0.15, -0.1) is 0 Å². The van der Waals surface area contributed by atoms with Crippen LogP contribution in [0.15, 0.2) is 0 Å². The number of rotatable bonds is 12. The monoisotopic (exact) mass is 831 g/mol. The number of carbonyl (C=O) groups excluding carboxylic acids is 4. The van der Waals surface area contributed by atoms with Gasteiger partial charge < -0.3 is 43.3 Å². The highest BCUT2D eigenvalue weighted by atomic mass is 19.3. The predicted molar refractivity (Wildman–Crippen MR) is 203 cm³/mol. The third kappa shape index (κ3) is 17.7. The van der Waals surface area contributed by atoms with Gasteiger partial charge in [-0.2, -0.15) is 17.6 Å². The highest BCUT2D eigenvalue weighted by molar-refractivity contribution is 5.88. The fraction of sp³-hybridized carbons (Fsp3) is 0.897. The second kappa shape index (κ2) is 20.2. The summed E-state index contributed by atoms with van der Waals surface area (Å²) in [6.07, 6.45) is 6.02. The molecule has 0 unspecified atom stereocenters. The third-order valence-electron chi connectivity index (χ3n) is 10.0. The van der Waals surface area contributed by atoms with Crippen molar-refractivity contribution in [2.75, 3.05) is 48.1 Å². The van der Waals surface area contributed by atoms with Crippen LogP contribution >= 0.6 is 0 Å². The van der Waals surface area contributed by atoms with E-state index in [1.165, 1.54) is 21.8 Å². The van der Waals surface area contributed by atoms with E-state index in [0.29, 0.717) is 25.7 Å². The molecule has 0 aromatic rings. The second-order valence-corrected chi connectivity index (χ2v) is 18.2. The summed E-state index contributed by atoms with van der Waals surface area (Å²) in [5, 5.41) is 9.12. The van der Waals surface area contributed by atoms with Gasteiger partial charge in [0, 0.05) is 21.1 Å². The first-order valence-electron chi connectivity index (χ1n) is 19.3. The van der Waals surface area contributed by atoms with Gasteiger partial charge in [-0.3, -0.25) is 4.90 Å². The van der Waals surface area contributed by atoms with Crippen molar-refractivity contribution in [1.29, 1.82) is 0 Å². The van der Waals surface area contributed by atoms with Crippen LogP contribution in [0.5, 0.6) is 0 Å². The molecule has 14 nitrogen and oxygen atoms in total. The molecular weight excluding hydrogens is 762 g/mol. The summed E-state index contributed by atoms with van der Waals surface area (Å²) in [7, 11) is 6.12. The molecule has 1 N–H and O–H groups in total. The third-order valence-corrected chi connectivity index (χ3v) is 10.0. The standard InChI is InChI=1S/C11H19F2NO3.C11H19NO4.C10H19NO3.C7H12F2O/c1-10(2,3)17-9(15)14(4)11(5-6-11)7-16-8(12)13;1-10(2,3)16-9(14)12(4)11(6-7-11)8(13)15-5;1-9(2,3)14-8(13)11(4)10(7-12)5-6-10;1-2-7(3-4-7)5-10-6(8)9/h8H,5-7H2,1-4H3;6-7H2,1-5H3;12H,5-7H2,1-4H3;6H,2-5H2,1H3. The van der Waals surface area contributed by atoms with E-state index in [2.05, 4.69) is 9.47 Å². The number of hydrogen-bond donors (Lipinski definition) is 1. The molecule has 0 atom stereocenters. The van der Waals surface area contributed by atoms with Crippen molar-refractivity contribution in [3.05, 3.63) is 0 Å². The molecule has 0 heterocycles. The number of aliphatic hydroxyl groups is 1. The molecule has 334 valence electrons. The normalized spacial score (nSPS) is 18.8. The summed E-state index contributed by atoms with van der Waals surface area (Å²) in [4.78, 5) is 50.9. The lowest BCUT2D eigenvalue weighted by atomic mass is 10.1. The molecule has 0 aromatic carbocycles. The zero-order chi connectivity index (χ0) is 44.4. The van der Waals surface area contributed by atoms with Crippen molar-refractivity contribution in [3.8, 4) is 0 Å². The Labute approximate surface area is 336 Å². The van der Waals surface area contributed by atoms with Crippen LogP contribution in [0.1, 0.15) is 127 Å². The molecule has 0 saturated heterocycles. The number of aliphatic hydroxyl groups excluding tert-OH is 1. The molecule has 0 bridgehead atoms. The molecule has 4 aliphatic rings. The minimum absolute atomic E-state index is 0.0166. The number of methoxy groups -OCH3 is 1. The van der Waals surface area contributed by atoms with E-state index in [4.69, 9.17) is 24.1 Å². The van der Waals surface area contributed by atoms with Crippen molar-refractivity contribution in [1.82, 2.24) is 14.7 Å². The smallest absolute Gasteiger partial charge is 0.410 e. The van der Waals surface area contributed by atoms with E-state index < -0.39 is 53.3 Å². The summed E-state index contributed by atoms with van der Waals surface area (Å²) in [6, 6.07) is 0. The van der Waals surface area contributed by atoms with Crippen molar-refractivity contribution in [2.45, 2.75) is 174 Å². The van der Waals surface area contributed by atoms with Crippen molar-refractivity contribution in [3.63, 3.8) is 0 Å². The lowest BCUT2D eigenvalue weighted by molar-refractivity contribution is -0.148. The lowest BCUT2D eigenvalue weighted by Crippen LogP contribution is -2.47. The highest BCUT2D eigenvalue weighted by Crippen LogP contribution is 2.49. The van der Waals surface area contributed by atoms with E-state index in [-0.39, 0.29) is 42.8 Å². The minimum Gasteiger partial charge on any atom is -0.467 e. The number of likely N-dealkylation sites (N-methyl/N-ethyl adjacent to an activating group) is 3. The van der Waals surface area contributed by atoms with Crippen LogP contribution in [-0.4, -0.2) is 139 Å². The Bertz CT molecular complexity index is 1320. The first-order valence-corrected chi connectivity index (χ1v) is 19.3. The Hall–Kier alpha value is -3.12. The summed E-state index contributed by atoms with van der Waals surface area (Å²) >= 11 is 0. The maximum atomic E-state index is 12.0. The highest BCUT2D eigenvalue weighted by Gasteiger charge is 2.57. The summed E-state index contributed by atoms with van der Waals surface area (Å²) < 4.78 is 75.7. The van der Waals surface area contributed by atoms with Gasteiger partial charge in [0.2, 0.25) is 0 Å². The molecule has 3 amide bonds. The Morgan fingerprint density at radius 3 is 1.21 bits per heavy atom. The zero-order valence-electron chi connectivity index (χ0n) is 36.5. The maximum absolute atomic E-state index is 12.0. The van der Waals surface area contributed by atoms with E-state index >= 15 is 0 Å². The summed E-state index contributed by atoms with van der Waals surface area (Å²) in [6.45, 7) is 12.8. The Morgan fingerprint density at radius 1 is 0.596 bits per heavy atom. The SMILES string of the molecule is CCC1(COC(F)F)CC1.CN(C(=O)OC(C)(C)C)C1(CO)CC1.CN(C(=O)OC(C)(C)C)C1(COC(F)F)CC1.COC(=O)C1(N(C)C(=O)OC(C)(C)C)CC1. The Kier molecular flexibility index (Phi) is 18.4. The van der Waals surface area contributed by atoms with Crippen LogP contribution < -0.4 is 0 Å². The molecule has 4 saturated carbocycles. The van der Waals surface area contributed by atoms with Gasteiger partial charge in [-0.25, -0.2) is 19.2 Å². The van der Waals surface area contributed by atoms with Gasteiger partial charge in [-0.1, -0.05) is 6.92 Å². The van der Waals surface area contributed by atoms with Crippen LogP contribution in [0, 0.1) is 5.41 Å². The molecule has 0 aliphatic heterocycles. The number of hydrogen-bond acceptors (Lipinski definition) is 11. The summed E-state index contributed by atoms with van der Waals surface area (Å²) in [5.41, 5.74) is -3.26. The first kappa shape index (κ1) is 51.9.